The van der Waals surface area contributed by atoms with Crippen molar-refractivity contribution in [3.8, 4) is 0 Å². The first kappa shape index (κ1) is 18.9. The van der Waals surface area contributed by atoms with Gasteiger partial charge < -0.3 is 15.1 Å². The molecule has 3 nitrogen and oxygen atoms in total. The van der Waals surface area contributed by atoms with Gasteiger partial charge in [-0.15, -0.1) is 0 Å². The molecule has 0 rings (SSSR count). The lowest BCUT2D eigenvalue weighted by Gasteiger charge is -2.28. The topological polar surface area (TPSA) is 18.5 Å². The highest BCUT2D eigenvalue weighted by Crippen LogP contribution is 2.02. The summed E-state index contributed by atoms with van der Waals surface area (Å²) < 4.78 is 0. The Morgan fingerprint density at radius 1 is 0.842 bits per heavy atom. The second-order valence-corrected chi connectivity index (χ2v) is 5.32. The van der Waals surface area contributed by atoms with Crippen molar-refractivity contribution in [1.82, 2.24) is 15.1 Å². The van der Waals surface area contributed by atoms with E-state index >= 15 is 0 Å². The minimum absolute atomic E-state index is 0.670. The van der Waals surface area contributed by atoms with Gasteiger partial charge in [-0.05, 0) is 52.1 Å². The predicted molar refractivity (Wildman–Crippen MR) is 86.9 cm³/mol. The van der Waals surface area contributed by atoms with Crippen LogP contribution in [0.3, 0.4) is 0 Å². The van der Waals surface area contributed by atoms with E-state index in [1.807, 2.05) is 0 Å². The van der Waals surface area contributed by atoms with Crippen LogP contribution in [0.1, 0.15) is 53.9 Å². The first-order valence-electron chi connectivity index (χ1n) is 8.39. The molecule has 0 aromatic rings. The molecule has 19 heavy (non-hydrogen) atoms. The van der Waals surface area contributed by atoms with E-state index in [0.29, 0.717) is 6.04 Å². The summed E-state index contributed by atoms with van der Waals surface area (Å²) in [6.45, 7) is 19.6. The van der Waals surface area contributed by atoms with Crippen LogP contribution >= 0.6 is 0 Å². The zero-order chi connectivity index (χ0) is 14.5. The lowest BCUT2D eigenvalue weighted by molar-refractivity contribution is 0.222. The van der Waals surface area contributed by atoms with E-state index in [1.54, 1.807) is 0 Å². The molecule has 0 amide bonds. The summed E-state index contributed by atoms with van der Waals surface area (Å²) in [6, 6.07) is 0.670. The van der Waals surface area contributed by atoms with Crippen LogP contribution in [0.5, 0.6) is 0 Å². The molecule has 0 heterocycles. The zero-order valence-electron chi connectivity index (χ0n) is 14.0. The van der Waals surface area contributed by atoms with Crippen LogP contribution in [0.15, 0.2) is 0 Å². The summed E-state index contributed by atoms with van der Waals surface area (Å²) in [5, 5.41) is 3.62. The van der Waals surface area contributed by atoms with Crippen molar-refractivity contribution in [1.29, 1.82) is 0 Å². The van der Waals surface area contributed by atoms with Gasteiger partial charge in [0.25, 0.3) is 0 Å². The third-order valence-corrected chi connectivity index (χ3v) is 3.90. The van der Waals surface area contributed by atoms with Gasteiger partial charge in [-0.25, -0.2) is 0 Å². The van der Waals surface area contributed by atoms with E-state index in [1.165, 1.54) is 58.5 Å². The SMILES string of the molecule is CCCC(CN(CC)CCCN(CC)CC)NCC. The van der Waals surface area contributed by atoms with Gasteiger partial charge >= 0.3 is 0 Å². The Morgan fingerprint density at radius 2 is 1.42 bits per heavy atom. The van der Waals surface area contributed by atoms with E-state index in [9.17, 15) is 0 Å². The Balaban J connectivity index is 3.97. The molecule has 0 radical (unpaired) electrons. The Kier molecular flexibility index (Phi) is 12.8. The molecule has 0 saturated carbocycles. The molecule has 0 aromatic carbocycles. The predicted octanol–water partition coefficient (Wildman–Crippen LogP) is 2.82. The smallest absolute Gasteiger partial charge is 0.0194 e. The lowest BCUT2D eigenvalue weighted by Crippen LogP contribution is -2.42. The van der Waals surface area contributed by atoms with E-state index in [0.717, 1.165) is 6.54 Å². The highest BCUT2D eigenvalue weighted by molar-refractivity contribution is 4.71. The van der Waals surface area contributed by atoms with Crippen LogP contribution in [0, 0.1) is 0 Å². The maximum Gasteiger partial charge on any atom is 0.0194 e. The number of rotatable bonds is 13. The third kappa shape index (κ3) is 9.42. The fourth-order valence-electron chi connectivity index (χ4n) is 2.64. The van der Waals surface area contributed by atoms with E-state index < -0.39 is 0 Å². The Hall–Kier alpha value is -0.120. The molecule has 0 spiro atoms. The number of likely N-dealkylation sites (N-methyl/N-ethyl adjacent to an activating group) is 2. The molecule has 0 bridgehead atoms. The Labute approximate surface area is 121 Å². The van der Waals surface area contributed by atoms with Crippen molar-refractivity contribution in [2.45, 2.75) is 59.9 Å². The van der Waals surface area contributed by atoms with Crippen molar-refractivity contribution in [2.24, 2.45) is 0 Å². The van der Waals surface area contributed by atoms with Crippen LogP contribution in [0.2, 0.25) is 0 Å². The molecular weight excluding hydrogens is 234 g/mol. The van der Waals surface area contributed by atoms with Gasteiger partial charge in [-0.2, -0.15) is 0 Å². The number of nitrogens with one attached hydrogen (secondary N) is 1. The number of nitrogens with zero attached hydrogens (tertiary/aromatic N) is 2. The Morgan fingerprint density at radius 3 is 1.89 bits per heavy atom. The molecule has 0 fully saturated rings. The highest BCUT2D eigenvalue weighted by Gasteiger charge is 2.11. The van der Waals surface area contributed by atoms with Gasteiger partial charge in [-0.3, -0.25) is 0 Å². The fraction of sp³-hybridized carbons (Fsp3) is 1.00. The molecule has 0 aliphatic carbocycles. The van der Waals surface area contributed by atoms with Crippen molar-refractivity contribution < 1.29 is 0 Å². The maximum absolute atomic E-state index is 3.62. The minimum Gasteiger partial charge on any atom is -0.313 e. The number of hydrogen-bond donors (Lipinski definition) is 1. The molecule has 0 aliphatic rings. The lowest BCUT2D eigenvalue weighted by atomic mass is 10.1. The van der Waals surface area contributed by atoms with Crippen molar-refractivity contribution >= 4 is 0 Å². The molecular formula is C16H37N3. The van der Waals surface area contributed by atoms with Crippen LogP contribution in [-0.2, 0) is 0 Å². The van der Waals surface area contributed by atoms with Crippen molar-refractivity contribution in [3.63, 3.8) is 0 Å². The second-order valence-electron chi connectivity index (χ2n) is 5.32. The molecule has 1 N–H and O–H groups in total. The first-order valence-corrected chi connectivity index (χ1v) is 8.39. The average Bonchev–Trinajstić information content (AvgIpc) is 2.42. The summed E-state index contributed by atoms with van der Waals surface area (Å²) in [7, 11) is 0. The van der Waals surface area contributed by atoms with Gasteiger partial charge in [0.05, 0.1) is 0 Å². The van der Waals surface area contributed by atoms with Gasteiger partial charge in [-0.1, -0.05) is 41.0 Å². The first-order chi connectivity index (χ1) is 9.21. The quantitative estimate of drug-likeness (QED) is 0.556. The third-order valence-electron chi connectivity index (χ3n) is 3.90. The molecule has 1 atom stereocenters. The summed E-state index contributed by atoms with van der Waals surface area (Å²) >= 11 is 0. The average molecular weight is 271 g/mol. The standard InChI is InChI=1S/C16H37N3/c1-6-12-16(17-7-2)15-19(10-5)14-11-13-18(8-3)9-4/h16-17H,6-15H2,1-5H3. The summed E-state index contributed by atoms with van der Waals surface area (Å²) in [5.74, 6) is 0. The van der Waals surface area contributed by atoms with Gasteiger partial charge in [0, 0.05) is 12.6 Å². The monoisotopic (exact) mass is 271 g/mol. The fourth-order valence-corrected chi connectivity index (χ4v) is 2.64. The van der Waals surface area contributed by atoms with Crippen molar-refractivity contribution in [2.75, 3.05) is 45.8 Å². The van der Waals surface area contributed by atoms with Crippen molar-refractivity contribution in [3.05, 3.63) is 0 Å². The van der Waals surface area contributed by atoms with Gasteiger partial charge in [0.15, 0.2) is 0 Å². The number of hydrogen-bond acceptors (Lipinski definition) is 3. The minimum atomic E-state index is 0.670. The van der Waals surface area contributed by atoms with E-state index in [2.05, 4.69) is 49.7 Å². The van der Waals surface area contributed by atoms with Crippen LogP contribution in [0.4, 0.5) is 0 Å². The molecule has 1 unspecified atom stereocenters. The largest absolute Gasteiger partial charge is 0.313 e. The second kappa shape index (κ2) is 12.9. The maximum atomic E-state index is 3.62. The van der Waals surface area contributed by atoms with E-state index in [4.69, 9.17) is 0 Å². The highest BCUT2D eigenvalue weighted by atomic mass is 15.2. The summed E-state index contributed by atoms with van der Waals surface area (Å²) in [5.41, 5.74) is 0. The van der Waals surface area contributed by atoms with Gasteiger partial charge in [0.1, 0.15) is 0 Å². The zero-order valence-corrected chi connectivity index (χ0v) is 14.0. The van der Waals surface area contributed by atoms with Gasteiger partial charge in [0.2, 0.25) is 0 Å². The summed E-state index contributed by atoms with van der Waals surface area (Å²) in [4.78, 5) is 5.12. The summed E-state index contributed by atoms with van der Waals surface area (Å²) in [6.07, 6.45) is 3.86. The van der Waals surface area contributed by atoms with E-state index in [-0.39, 0.29) is 0 Å². The van der Waals surface area contributed by atoms with Crippen LogP contribution in [-0.4, -0.2) is 61.7 Å². The molecule has 116 valence electrons. The Bertz CT molecular complexity index is 175. The molecule has 0 aromatic heterocycles. The molecule has 0 saturated heterocycles. The van der Waals surface area contributed by atoms with Crippen LogP contribution < -0.4 is 5.32 Å². The normalized spacial score (nSPS) is 13.4. The molecule has 3 heteroatoms. The molecule has 0 aliphatic heterocycles. The van der Waals surface area contributed by atoms with Crippen LogP contribution in [0.25, 0.3) is 0 Å².